The first-order valence-corrected chi connectivity index (χ1v) is 12.7. The van der Waals surface area contributed by atoms with Crippen LogP contribution < -0.4 is 0 Å². The van der Waals surface area contributed by atoms with E-state index in [1.54, 1.807) is 0 Å². The van der Waals surface area contributed by atoms with Gasteiger partial charge in [-0.15, -0.1) is 0 Å². The van der Waals surface area contributed by atoms with Crippen molar-refractivity contribution >= 4 is 14.3 Å². The standard InChI is InChI=1S/C18H38O3Si/c1-22(2,3)21-17-15-13-11-9-7-5-4-6-8-10-12-14-16-18(19)20/h4-17H2,1-3H3,(H,19,20). The lowest BCUT2D eigenvalue weighted by atomic mass is 10.0. The third-order valence-corrected chi connectivity index (χ3v) is 4.89. The van der Waals surface area contributed by atoms with Gasteiger partial charge >= 0.3 is 5.97 Å². The molecule has 0 rings (SSSR count). The quantitative estimate of drug-likeness (QED) is 0.279. The molecule has 0 aliphatic heterocycles. The van der Waals surface area contributed by atoms with Gasteiger partial charge in [-0.3, -0.25) is 4.79 Å². The van der Waals surface area contributed by atoms with Gasteiger partial charge in [0.15, 0.2) is 8.32 Å². The zero-order valence-electron chi connectivity index (χ0n) is 15.2. The molecule has 0 aromatic heterocycles. The van der Waals surface area contributed by atoms with Crippen molar-refractivity contribution in [3.63, 3.8) is 0 Å². The van der Waals surface area contributed by atoms with Gasteiger partial charge in [0.2, 0.25) is 0 Å². The van der Waals surface area contributed by atoms with E-state index in [0.717, 1.165) is 19.4 Å². The number of unbranched alkanes of at least 4 members (excludes halogenated alkanes) is 11. The topological polar surface area (TPSA) is 46.5 Å². The number of hydrogen-bond acceptors (Lipinski definition) is 2. The molecule has 4 heteroatoms. The van der Waals surface area contributed by atoms with Crippen LogP contribution in [0.1, 0.15) is 83.5 Å². The Morgan fingerprint density at radius 3 is 1.45 bits per heavy atom. The molecule has 0 aromatic rings. The van der Waals surface area contributed by atoms with E-state index >= 15 is 0 Å². The Kier molecular flexibility index (Phi) is 14.0. The normalized spacial score (nSPS) is 11.8. The van der Waals surface area contributed by atoms with Crippen molar-refractivity contribution in [2.45, 2.75) is 103 Å². The fourth-order valence-electron chi connectivity index (χ4n) is 2.52. The van der Waals surface area contributed by atoms with E-state index in [-0.39, 0.29) is 0 Å². The third-order valence-electron chi connectivity index (χ3n) is 3.82. The number of aliphatic carboxylic acids is 1. The highest BCUT2D eigenvalue weighted by Crippen LogP contribution is 2.13. The molecule has 0 spiro atoms. The first-order valence-electron chi connectivity index (χ1n) is 9.27. The van der Waals surface area contributed by atoms with Gasteiger partial charge in [-0.25, -0.2) is 0 Å². The molecular weight excluding hydrogens is 292 g/mol. The van der Waals surface area contributed by atoms with Gasteiger partial charge in [-0.2, -0.15) is 0 Å². The van der Waals surface area contributed by atoms with E-state index in [2.05, 4.69) is 19.6 Å². The minimum absolute atomic E-state index is 0.336. The average molecular weight is 331 g/mol. The minimum Gasteiger partial charge on any atom is -0.481 e. The molecule has 0 bridgehead atoms. The second-order valence-electron chi connectivity index (χ2n) is 7.35. The van der Waals surface area contributed by atoms with Crippen LogP contribution in [-0.2, 0) is 9.22 Å². The summed E-state index contributed by atoms with van der Waals surface area (Å²) in [6.45, 7) is 7.70. The lowest BCUT2D eigenvalue weighted by Crippen LogP contribution is -2.25. The molecule has 22 heavy (non-hydrogen) atoms. The summed E-state index contributed by atoms with van der Waals surface area (Å²) in [5.41, 5.74) is 0. The molecule has 0 saturated carbocycles. The summed E-state index contributed by atoms with van der Waals surface area (Å²) in [5.74, 6) is -0.660. The molecule has 0 aliphatic carbocycles. The molecule has 0 aliphatic rings. The van der Waals surface area contributed by atoms with E-state index in [9.17, 15) is 4.79 Å². The van der Waals surface area contributed by atoms with Gasteiger partial charge in [-0.05, 0) is 32.5 Å². The van der Waals surface area contributed by atoms with Crippen LogP contribution in [0.3, 0.4) is 0 Å². The molecule has 0 saturated heterocycles. The number of rotatable bonds is 16. The maximum atomic E-state index is 10.4. The molecular formula is C18H38O3Si. The molecule has 0 amide bonds. The van der Waals surface area contributed by atoms with Crippen molar-refractivity contribution in [3.8, 4) is 0 Å². The van der Waals surface area contributed by atoms with Crippen LogP contribution in [0, 0.1) is 0 Å². The maximum absolute atomic E-state index is 10.4. The third kappa shape index (κ3) is 19.6. The van der Waals surface area contributed by atoms with Crippen LogP contribution in [0.25, 0.3) is 0 Å². The van der Waals surface area contributed by atoms with Crippen LogP contribution in [0.15, 0.2) is 0 Å². The molecule has 0 unspecified atom stereocenters. The van der Waals surface area contributed by atoms with Crippen molar-refractivity contribution in [2.24, 2.45) is 0 Å². The summed E-state index contributed by atoms with van der Waals surface area (Å²) < 4.78 is 5.85. The molecule has 0 heterocycles. The molecule has 3 nitrogen and oxygen atoms in total. The average Bonchev–Trinajstić information content (AvgIpc) is 2.41. The summed E-state index contributed by atoms with van der Waals surface area (Å²) in [6, 6.07) is 0. The predicted molar refractivity (Wildman–Crippen MR) is 97.0 cm³/mol. The fourth-order valence-corrected chi connectivity index (χ4v) is 3.28. The zero-order chi connectivity index (χ0) is 16.7. The zero-order valence-corrected chi connectivity index (χ0v) is 16.2. The SMILES string of the molecule is C[Si](C)(C)OCCCCCCCCCCCCCCC(=O)O. The van der Waals surface area contributed by atoms with E-state index in [4.69, 9.17) is 9.53 Å². The highest BCUT2D eigenvalue weighted by Gasteiger charge is 2.12. The van der Waals surface area contributed by atoms with Gasteiger partial charge < -0.3 is 9.53 Å². The molecule has 0 aromatic carbocycles. The van der Waals surface area contributed by atoms with E-state index in [1.807, 2.05) is 0 Å². The molecule has 0 fully saturated rings. The summed E-state index contributed by atoms with van der Waals surface area (Å²) in [4.78, 5) is 10.4. The minimum atomic E-state index is -1.29. The largest absolute Gasteiger partial charge is 0.481 e. The van der Waals surface area contributed by atoms with Crippen LogP contribution in [0.2, 0.25) is 19.6 Å². The first kappa shape index (κ1) is 21.6. The molecule has 0 radical (unpaired) electrons. The highest BCUT2D eigenvalue weighted by atomic mass is 28.4. The van der Waals surface area contributed by atoms with E-state index in [0.29, 0.717) is 6.42 Å². The maximum Gasteiger partial charge on any atom is 0.303 e. The summed E-state index contributed by atoms with van der Waals surface area (Å²) in [6.07, 6.45) is 15.4. The van der Waals surface area contributed by atoms with Crippen LogP contribution in [0.4, 0.5) is 0 Å². The Balaban J connectivity index is 3.04. The Labute approximate surface area is 139 Å². The highest BCUT2D eigenvalue weighted by molar-refractivity contribution is 6.69. The van der Waals surface area contributed by atoms with Crippen LogP contribution in [-0.4, -0.2) is 26.0 Å². The van der Waals surface area contributed by atoms with E-state index < -0.39 is 14.3 Å². The van der Waals surface area contributed by atoms with Crippen molar-refractivity contribution in [1.29, 1.82) is 0 Å². The van der Waals surface area contributed by atoms with Crippen molar-refractivity contribution < 1.29 is 14.3 Å². The Hall–Kier alpha value is -0.353. The van der Waals surface area contributed by atoms with Crippen LogP contribution in [0.5, 0.6) is 0 Å². The lowest BCUT2D eigenvalue weighted by Gasteiger charge is -2.16. The number of carboxylic acid groups (broad SMARTS) is 1. The predicted octanol–water partition coefficient (Wildman–Crippen LogP) is 5.99. The van der Waals surface area contributed by atoms with Gasteiger partial charge in [0.05, 0.1) is 0 Å². The number of carbonyl (C=O) groups is 1. The lowest BCUT2D eigenvalue weighted by molar-refractivity contribution is -0.137. The van der Waals surface area contributed by atoms with E-state index in [1.165, 1.54) is 64.2 Å². The van der Waals surface area contributed by atoms with Gasteiger partial charge in [-0.1, -0.05) is 64.2 Å². The second kappa shape index (κ2) is 14.3. The van der Waals surface area contributed by atoms with Crippen molar-refractivity contribution in [2.75, 3.05) is 6.61 Å². The summed E-state index contributed by atoms with van der Waals surface area (Å²) in [7, 11) is -1.29. The molecule has 0 atom stereocenters. The Morgan fingerprint density at radius 1 is 0.727 bits per heavy atom. The van der Waals surface area contributed by atoms with Gasteiger partial charge in [0, 0.05) is 13.0 Å². The first-order chi connectivity index (χ1) is 10.4. The second-order valence-corrected chi connectivity index (χ2v) is 11.9. The van der Waals surface area contributed by atoms with Crippen LogP contribution >= 0.6 is 0 Å². The smallest absolute Gasteiger partial charge is 0.303 e. The summed E-state index contributed by atoms with van der Waals surface area (Å²) in [5, 5.41) is 8.54. The summed E-state index contributed by atoms with van der Waals surface area (Å²) >= 11 is 0. The Bertz CT molecular complexity index is 262. The van der Waals surface area contributed by atoms with Crippen molar-refractivity contribution in [3.05, 3.63) is 0 Å². The molecule has 132 valence electrons. The number of hydrogen-bond donors (Lipinski definition) is 1. The van der Waals surface area contributed by atoms with Crippen molar-refractivity contribution in [1.82, 2.24) is 0 Å². The van der Waals surface area contributed by atoms with Gasteiger partial charge in [0.25, 0.3) is 0 Å². The Morgan fingerprint density at radius 2 is 1.09 bits per heavy atom. The number of carboxylic acids is 1. The molecule has 1 N–H and O–H groups in total. The monoisotopic (exact) mass is 330 g/mol. The fraction of sp³-hybridized carbons (Fsp3) is 0.944. The van der Waals surface area contributed by atoms with Gasteiger partial charge in [0.1, 0.15) is 0 Å².